The van der Waals surface area contributed by atoms with E-state index in [1.807, 2.05) is 12.1 Å². The molecule has 0 aromatic heterocycles. The number of ether oxygens (including phenoxy) is 1. The van der Waals surface area contributed by atoms with Crippen molar-refractivity contribution in [2.45, 2.75) is 6.42 Å². The van der Waals surface area contributed by atoms with Crippen LogP contribution in [0.2, 0.25) is 0 Å². The lowest BCUT2D eigenvalue weighted by Gasteiger charge is -2.07. The molecule has 0 atom stereocenters. The second-order valence-corrected chi connectivity index (χ2v) is 3.94. The minimum atomic E-state index is 0.289. The van der Waals surface area contributed by atoms with Crippen LogP contribution in [-0.4, -0.2) is 11.7 Å². The van der Waals surface area contributed by atoms with Crippen LogP contribution in [0.3, 0.4) is 0 Å². The molecule has 2 aromatic carbocycles. The van der Waals surface area contributed by atoms with Crippen LogP contribution >= 0.6 is 0 Å². The molecule has 0 spiro atoms. The van der Waals surface area contributed by atoms with Crippen molar-refractivity contribution >= 4 is 0 Å². The monoisotopic (exact) mass is 212 g/mol. The zero-order chi connectivity index (χ0) is 11.0. The number of fused-ring (bicyclic) bond motifs is 1. The average Bonchev–Trinajstić information content (AvgIpc) is 2.78. The Kier molecular flexibility index (Phi) is 2.07. The maximum atomic E-state index is 9.27. The number of hydrogen-bond acceptors (Lipinski definition) is 2. The van der Waals surface area contributed by atoms with E-state index in [1.54, 1.807) is 12.1 Å². The van der Waals surface area contributed by atoms with Crippen molar-refractivity contribution in [2.75, 3.05) is 6.61 Å². The van der Waals surface area contributed by atoms with E-state index in [-0.39, 0.29) is 5.75 Å². The lowest BCUT2D eigenvalue weighted by molar-refractivity contribution is 0.358. The van der Waals surface area contributed by atoms with Crippen LogP contribution < -0.4 is 4.74 Å². The normalized spacial score (nSPS) is 13.2. The first kappa shape index (κ1) is 9.28. The van der Waals surface area contributed by atoms with Crippen molar-refractivity contribution in [3.8, 4) is 22.6 Å². The smallest absolute Gasteiger partial charge is 0.130 e. The standard InChI is InChI=1S/C14H12O2/c15-12-6-4-10(5-7-12)13-3-1-2-11-8-9-16-14(11)13/h1-7,15H,8-9H2. The Morgan fingerprint density at radius 3 is 2.62 bits per heavy atom. The first-order chi connectivity index (χ1) is 7.84. The van der Waals surface area contributed by atoms with Gasteiger partial charge in [0.25, 0.3) is 0 Å². The van der Waals surface area contributed by atoms with Gasteiger partial charge in [0.2, 0.25) is 0 Å². The molecule has 1 N–H and O–H groups in total. The summed E-state index contributed by atoms with van der Waals surface area (Å²) in [5.74, 6) is 1.28. The number of phenols is 1. The van der Waals surface area contributed by atoms with Gasteiger partial charge in [-0.2, -0.15) is 0 Å². The van der Waals surface area contributed by atoms with Crippen LogP contribution in [0.5, 0.6) is 11.5 Å². The number of phenolic OH excluding ortho intramolecular Hbond substituents is 1. The van der Waals surface area contributed by atoms with Crippen molar-refractivity contribution in [3.63, 3.8) is 0 Å². The quantitative estimate of drug-likeness (QED) is 0.787. The number of rotatable bonds is 1. The van der Waals surface area contributed by atoms with Crippen LogP contribution in [0, 0.1) is 0 Å². The molecule has 0 unspecified atom stereocenters. The number of aromatic hydroxyl groups is 1. The number of hydrogen-bond donors (Lipinski definition) is 1. The molecule has 16 heavy (non-hydrogen) atoms. The first-order valence-corrected chi connectivity index (χ1v) is 5.39. The average molecular weight is 212 g/mol. The Morgan fingerprint density at radius 1 is 1.00 bits per heavy atom. The minimum Gasteiger partial charge on any atom is -0.508 e. The summed E-state index contributed by atoms with van der Waals surface area (Å²) in [6.45, 7) is 0.768. The minimum absolute atomic E-state index is 0.289. The molecule has 0 aliphatic carbocycles. The Morgan fingerprint density at radius 2 is 1.81 bits per heavy atom. The van der Waals surface area contributed by atoms with Gasteiger partial charge in [-0.25, -0.2) is 0 Å². The molecule has 1 aliphatic heterocycles. The van der Waals surface area contributed by atoms with Gasteiger partial charge < -0.3 is 9.84 Å². The molecule has 1 aliphatic rings. The summed E-state index contributed by atoms with van der Waals surface area (Å²) in [7, 11) is 0. The summed E-state index contributed by atoms with van der Waals surface area (Å²) in [6, 6.07) is 13.4. The van der Waals surface area contributed by atoms with Gasteiger partial charge in [0.05, 0.1) is 6.61 Å². The van der Waals surface area contributed by atoms with Crippen LogP contribution in [0.15, 0.2) is 42.5 Å². The fraction of sp³-hybridized carbons (Fsp3) is 0.143. The van der Waals surface area contributed by atoms with Crippen molar-refractivity contribution < 1.29 is 9.84 Å². The Balaban J connectivity index is 2.13. The second kappa shape index (κ2) is 3.56. The third kappa shape index (κ3) is 1.43. The topological polar surface area (TPSA) is 29.5 Å². The zero-order valence-electron chi connectivity index (χ0n) is 8.81. The summed E-state index contributed by atoms with van der Waals surface area (Å²) < 4.78 is 5.65. The predicted octanol–water partition coefficient (Wildman–Crippen LogP) is 2.99. The van der Waals surface area contributed by atoms with E-state index in [1.165, 1.54) is 5.56 Å². The van der Waals surface area contributed by atoms with Crippen LogP contribution in [0.25, 0.3) is 11.1 Å². The van der Waals surface area contributed by atoms with Crippen molar-refractivity contribution in [2.24, 2.45) is 0 Å². The van der Waals surface area contributed by atoms with Gasteiger partial charge in [0, 0.05) is 12.0 Å². The molecular weight excluding hydrogens is 200 g/mol. The molecule has 0 radical (unpaired) electrons. The molecule has 2 aromatic rings. The van der Waals surface area contributed by atoms with Gasteiger partial charge >= 0.3 is 0 Å². The highest BCUT2D eigenvalue weighted by atomic mass is 16.5. The molecule has 2 heteroatoms. The van der Waals surface area contributed by atoms with Crippen molar-refractivity contribution in [1.82, 2.24) is 0 Å². The lowest BCUT2D eigenvalue weighted by atomic mass is 10.0. The molecule has 0 saturated heterocycles. The molecule has 1 heterocycles. The van der Waals surface area contributed by atoms with E-state index in [2.05, 4.69) is 18.2 Å². The fourth-order valence-electron chi connectivity index (χ4n) is 2.08. The molecule has 0 fully saturated rings. The zero-order valence-corrected chi connectivity index (χ0v) is 8.81. The van der Waals surface area contributed by atoms with Crippen LogP contribution in [-0.2, 0) is 6.42 Å². The van der Waals surface area contributed by atoms with Gasteiger partial charge in [0.15, 0.2) is 0 Å². The Hall–Kier alpha value is -1.96. The van der Waals surface area contributed by atoms with E-state index < -0.39 is 0 Å². The van der Waals surface area contributed by atoms with Gasteiger partial charge in [-0.1, -0.05) is 30.3 Å². The van der Waals surface area contributed by atoms with Crippen LogP contribution in [0.1, 0.15) is 5.56 Å². The van der Waals surface area contributed by atoms with E-state index >= 15 is 0 Å². The molecule has 0 amide bonds. The highest BCUT2D eigenvalue weighted by Crippen LogP contribution is 2.36. The third-order valence-electron chi connectivity index (χ3n) is 2.89. The van der Waals surface area contributed by atoms with Gasteiger partial charge in [-0.3, -0.25) is 0 Å². The summed E-state index contributed by atoms with van der Waals surface area (Å²) in [5.41, 5.74) is 3.46. The SMILES string of the molecule is Oc1ccc(-c2cccc3c2OCC3)cc1. The number of benzene rings is 2. The maximum Gasteiger partial charge on any atom is 0.130 e. The van der Waals surface area contributed by atoms with E-state index in [4.69, 9.17) is 4.74 Å². The largest absolute Gasteiger partial charge is 0.508 e. The molecule has 3 rings (SSSR count). The van der Waals surface area contributed by atoms with E-state index in [9.17, 15) is 5.11 Å². The Labute approximate surface area is 94.1 Å². The van der Waals surface area contributed by atoms with Crippen LogP contribution in [0.4, 0.5) is 0 Å². The third-order valence-corrected chi connectivity index (χ3v) is 2.89. The first-order valence-electron chi connectivity index (χ1n) is 5.39. The van der Waals surface area contributed by atoms with Gasteiger partial charge in [-0.15, -0.1) is 0 Å². The second-order valence-electron chi connectivity index (χ2n) is 3.94. The molecular formula is C14H12O2. The molecule has 0 saturated carbocycles. The van der Waals surface area contributed by atoms with Crippen molar-refractivity contribution in [1.29, 1.82) is 0 Å². The maximum absolute atomic E-state index is 9.27. The fourth-order valence-corrected chi connectivity index (χ4v) is 2.08. The van der Waals surface area contributed by atoms with Gasteiger partial charge in [0.1, 0.15) is 11.5 Å². The highest BCUT2D eigenvalue weighted by Gasteiger charge is 2.16. The summed E-state index contributed by atoms with van der Waals surface area (Å²) >= 11 is 0. The molecule has 80 valence electrons. The lowest BCUT2D eigenvalue weighted by Crippen LogP contribution is -1.88. The summed E-state index contributed by atoms with van der Waals surface area (Å²) in [4.78, 5) is 0. The van der Waals surface area contributed by atoms with E-state index in [0.29, 0.717) is 0 Å². The molecule has 0 bridgehead atoms. The van der Waals surface area contributed by atoms with Crippen molar-refractivity contribution in [3.05, 3.63) is 48.0 Å². The molecule has 2 nitrogen and oxygen atoms in total. The van der Waals surface area contributed by atoms with E-state index in [0.717, 1.165) is 29.9 Å². The highest BCUT2D eigenvalue weighted by molar-refractivity contribution is 5.73. The Bertz CT molecular complexity index is 515. The predicted molar refractivity (Wildman–Crippen MR) is 62.7 cm³/mol. The number of para-hydroxylation sites is 1. The van der Waals surface area contributed by atoms with Gasteiger partial charge in [-0.05, 0) is 23.3 Å². The summed E-state index contributed by atoms with van der Waals surface area (Å²) in [5, 5.41) is 9.27. The summed E-state index contributed by atoms with van der Waals surface area (Å²) in [6.07, 6.45) is 0.987.